The molecule has 2 N–H and O–H groups in total. The molecular weight excluding hydrogens is 454 g/mol. The molecule has 9 nitrogen and oxygen atoms in total. The van der Waals surface area contributed by atoms with Crippen LogP contribution in [0.5, 0.6) is 5.75 Å². The molecule has 4 heterocycles. The zero-order valence-corrected chi connectivity index (χ0v) is 22.0. The van der Waals surface area contributed by atoms with Gasteiger partial charge < -0.3 is 25.0 Å². The Bertz CT molecular complexity index is 1220. The molecule has 1 fully saturated rings. The molecule has 0 saturated carbocycles. The summed E-state index contributed by atoms with van der Waals surface area (Å²) in [5.74, 6) is 1.64. The van der Waals surface area contributed by atoms with Crippen LogP contribution < -0.4 is 15.0 Å². The van der Waals surface area contributed by atoms with Crippen molar-refractivity contribution in [3.8, 4) is 22.9 Å². The smallest absolute Gasteiger partial charge is 0.138 e. The van der Waals surface area contributed by atoms with Crippen molar-refractivity contribution in [2.75, 3.05) is 51.8 Å². The lowest BCUT2D eigenvalue weighted by Crippen LogP contribution is -2.58. The molecular formula is C27H37N7O2. The third-order valence-electron chi connectivity index (χ3n) is 6.88. The van der Waals surface area contributed by atoms with E-state index in [-0.39, 0.29) is 5.54 Å². The number of rotatable bonds is 9. The second-order valence-corrected chi connectivity index (χ2v) is 10.4. The molecule has 36 heavy (non-hydrogen) atoms. The second kappa shape index (κ2) is 10.4. The number of nitrogens with zero attached hydrogens (tertiary/aromatic N) is 6. The first-order valence-corrected chi connectivity index (χ1v) is 12.5. The summed E-state index contributed by atoms with van der Waals surface area (Å²) in [7, 11) is 4.10. The Kier molecular flexibility index (Phi) is 7.50. The molecule has 0 unspecified atom stereocenters. The van der Waals surface area contributed by atoms with Crippen molar-refractivity contribution in [1.29, 1.82) is 5.26 Å². The monoisotopic (exact) mass is 491 g/mol. The lowest BCUT2D eigenvalue weighted by atomic mass is 9.86. The first-order valence-electron chi connectivity index (χ1n) is 12.5. The van der Waals surface area contributed by atoms with Gasteiger partial charge in [-0.25, -0.2) is 9.50 Å². The third kappa shape index (κ3) is 5.62. The van der Waals surface area contributed by atoms with E-state index in [0.29, 0.717) is 24.5 Å². The van der Waals surface area contributed by atoms with Gasteiger partial charge in [-0.2, -0.15) is 10.4 Å². The highest BCUT2D eigenvalue weighted by Gasteiger charge is 2.35. The Balaban J connectivity index is 1.51. The number of pyridine rings is 2. The largest absolute Gasteiger partial charge is 0.492 e. The lowest BCUT2D eigenvalue weighted by Gasteiger charge is -2.44. The van der Waals surface area contributed by atoms with Gasteiger partial charge in [-0.1, -0.05) is 0 Å². The topological polar surface area (TPSA) is 102 Å². The highest BCUT2D eigenvalue weighted by Crippen LogP contribution is 2.32. The second-order valence-electron chi connectivity index (χ2n) is 10.4. The Morgan fingerprint density at radius 1 is 1.28 bits per heavy atom. The molecule has 4 rings (SSSR count). The quantitative estimate of drug-likeness (QED) is 0.471. The van der Waals surface area contributed by atoms with E-state index in [1.807, 2.05) is 46.1 Å². The predicted molar refractivity (Wildman–Crippen MR) is 141 cm³/mol. The van der Waals surface area contributed by atoms with Gasteiger partial charge in [0.15, 0.2) is 0 Å². The number of piperidine rings is 1. The fraction of sp³-hybridized carbons (Fsp3) is 0.519. The molecule has 9 heteroatoms. The van der Waals surface area contributed by atoms with Gasteiger partial charge in [0.2, 0.25) is 0 Å². The lowest BCUT2D eigenvalue weighted by molar-refractivity contribution is 0.0336. The maximum atomic E-state index is 10.2. The molecule has 0 spiro atoms. The van der Waals surface area contributed by atoms with E-state index in [1.54, 1.807) is 16.9 Å². The van der Waals surface area contributed by atoms with Crippen molar-refractivity contribution in [3.05, 3.63) is 42.4 Å². The van der Waals surface area contributed by atoms with Crippen molar-refractivity contribution in [1.82, 2.24) is 24.8 Å². The summed E-state index contributed by atoms with van der Waals surface area (Å²) in [4.78, 5) is 9.32. The Morgan fingerprint density at radius 2 is 2.03 bits per heavy atom. The van der Waals surface area contributed by atoms with E-state index in [4.69, 9.17) is 9.72 Å². The van der Waals surface area contributed by atoms with Crippen molar-refractivity contribution in [3.63, 3.8) is 0 Å². The van der Waals surface area contributed by atoms with Crippen molar-refractivity contribution in [2.24, 2.45) is 0 Å². The summed E-state index contributed by atoms with van der Waals surface area (Å²) < 4.78 is 7.42. The summed E-state index contributed by atoms with van der Waals surface area (Å²) in [6, 6.07) is 8.29. The number of nitriles is 1. The van der Waals surface area contributed by atoms with Gasteiger partial charge in [0.25, 0.3) is 0 Å². The number of aliphatic hydroxyl groups is 1. The van der Waals surface area contributed by atoms with Crippen LogP contribution in [0.3, 0.4) is 0 Å². The highest BCUT2D eigenvalue weighted by atomic mass is 16.5. The Labute approximate surface area is 213 Å². The molecule has 0 aliphatic carbocycles. The maximum Gasteiger partial charge on any atom is 0.138 e. The number of fused-ring (bicyclic) bond motifs is 1. The average Bonchev–Trinajstić information content (AvgIpc) is 3.26. The molecule has 3 aromatic heterocycles. The summed E-state index contributed by atoms with van der Waals surface area (Å²) in [5, 5.41) is 27.7. The fourth-order valence-electron chi connectivity index (χ4n) is 5.26. The van der Waals surface area contributed by atoms with E-state index in [2.05, 4.69) is 39.4 Å². The molecule has 3 aromatic rings. The zero-order chi connectivity index (χ0) is 25.9. The summed E-state index contributed by atoms with van der Waals surface area (Å²) >= 11 is 0. The molecule has 192 valence electrons. The molecule has 0 aromatic carbocycles. The van der Waals surface area contributed by atoms with Crippen LogP contribution in [0.4, 0.5) is 5.82 Å². The number of anilines is 1. The normalized spacial score (nSPS) is 15.9. The van der Waals surface area contributed by atoms with Crippen LogP contribution in [0, 0.1) is 11.3 Å². The highest BCUT2D eigenvalue weighted by molar-refractivity contribution is 5.85. The van der Waals surface area contributed by atoms with Gasteiger partial charge in [0.05, 0.1) is 35.7 Å². The number of hydrogen-bond donors (Lipinski definition) is 2. The van der Waals surface area contributed by atoms with Gasteiger partial charge in [-0.05, 0) is 65.9 Å². The van der Waals surface area contributed by atoms with Crippen LogP contribution in [0.2, 0.25) is 0 Å². The van der Waals surface area contributed by atoms with Gasteiger partial charge in [0, 0.05) is 49.0 Å². The van der Waals surface area contributed by atoms with Crippen LogP contribution in [0.1, 0.15) is 39.2 Å². The standard InChI is InChI=1S/C27H37N7O2/c1-6-36-22-13-23(25-21(14-28)16-31-34(25)17-22)20-7-8-24(30-15-20)33-11-9-27(29-4,10-12-33)19-32(5)18-26(2,3)35/h7-8,13,15-17,29,35H,6,9-12,18-19H2,1-5H3. The number of aromatic nitrogens is 3. The van der Waals surface area contributed by atoms with Crippen LogP contribution >= 0.6 is 0 Å². The number of hydrogen-bond acceptors (Lipinski definition) is 8. The Morgan fingerprint density at radius 3 is 2.61 bits per heavy atom. The van der Waals surface area contributed by atoms with E-state index in [9.17, 15) is 10.4 Å². The SMILES string of the molecule is CCOc1cc(-c2ccc(N3CCC(CN(C)CC(C)(C)O)(NC)CC3)nc2)c2c(C#N)cnn2c1. The third-order valence-corrected chi connectivity index (χ3v) is 6.88. The number of ether oxygens (including phenoxy) is 1. The summed E-state index contributed by atoms with van der Waals surface area (Å²) in [6.07, 6.45) is 7.22. The average molecular weight is 492 g/mol. The first kappa shape index (κ1) is 25.9. The maximum absolute atomic E-state index is 10.2. The minimum absolute atomic E-state index is 0.0114. The molecule has 0 atom stereocenters. The molecule has 1 aliphatic rings. The van der Waals surface area contributed by atoms with Crippen LogP contribution in [-0.2, 0) is 0 Å². The number of nitrogens with one attached hydrogen (secondary N) is 1. The molecule has 1 aliphatic heterocycles. The first-order chi connectivity index (χ1) is 17.2. The summed E-state index contributed by atoms with van der Waals surface area (Å²) in [5.41, 5.74) is 2.36. The minimum Gasteiger partial charge on any atom is -0.492 e. The zero-order valence-electron chi connectivity index (χ0n) is 22.0. The Hall–Kier alpha value is -3.19. The molecule has 1 saturated heterocycles. The van der Waals surface area contributed by atoms with Crippen molar-refractivity contribution in [2.45, 2.75) is 44.8 Å². The van der Waals surface area contributed by atoms with Crippen molar-refractivity contribution >= 4 is 11.3 Å². The van der Waals surface area contributed by atoms with Gasteiger partial charge in [-0.15, -0.1) is 0 Å². The van der Waals surface area contributed by atoms with Crippen LogP contribution in [0.25, 0.3) is 16.6 Å². The van der Waals surface area contributed by atoms with E-state index in [0.717, 1.165) is 54.9 Å². The molecule has 0 amide bonds. The fourth-order valence-corrected chi connectivity index (χ4v) is 5.26. The summed E-state index contributed by atoms with van der Waals surface area (Å²) in [6.45, 7) is 9.49. The van der Waals surface area contributed by atoms with E-state index < -0.39 is 5.60 Å². The van der Waals surface area contributed by atoms with Crippen LogP contribution in [-0.4, -0.2) is 82.6 Å². The molecule has 0 bridgehead atoms. The van der Waals surface area contributed by atoms with Gasteiger partial charge in [-0.3, -0.25) is 0 Å². The van der Waals surface area contributed by atoms with Crippen molar-refractivity contribution < 1.29 is 9.84 Å². The van der Waals surface area contributed by atoms with Crippen LogP contribution in [0.15, 0.2) is 36.8 Å². The minimum atomic E-state index is -0.714. The molecule has 0 radical (unpaired) electrons. The van der Waals surface area contributed by atoms with Gasteiger partial charge in [0.1, 0.15) is 17.6 Å². The van der Waals surface area contributed by atoms with E-state index >= 15 is 0 Å². The van der Waals surface area contributed by atoms with Gasteiger partial charge >= 0.3 is 0 Å². The van der Waals surface area contributed by atoms with E-state index in [1.165, 1.54) is 0 Å². The predicted octanol–water partition coefficient (Wildman–Crippen LogP) is 2.93. The number of likely N-dealkylation sites (N-methyl/N-ethyl adjacent to an activating group) is 2.